The number of nitro groups is 1. The highest BCUT2D eigenvalue weighted by atomic mass is 19.4. The molecule has 0 bridgehead atoms. The van der Waals surface area contributed by atoms with Gasteiger partial charge in [-0.25, -0.2) is 4.98 Å². The van der Waals surface area contributed by atoms with E-state index in [0.717, 1.165) is 30.7 Å². The van der Waals surface area contributed by atoms with Gasteiger partial charge in [-0.15, -0.1) is 0 Å². The molecule has 0 fully saturated rings. The second kappa shape index (κ2) is 6.27. The zero-order chi connectivity index (χ0) is 19.9. The van der Waals surface area contributed by atoms with Gasteiger partial charge in [0, 0.05) is 23.5 Å². The number of halogens is 3. The molecule has 0 radical (unpaired) electrons. The summed E-state index contributed by atoms with van der Waals surface area (Å²) in [5.74, 6) is -2.12. The number of aromatic hydroxyl groups is 2. The molecule has 27 heavy (non-hydrogen) atoms. The first kappa shape index (κ1) is 18.2. The van der Waals surface area contributed by atoms with Gasteiger partial charge in [-0.2, -0.15) is 13.2 Å². The minimum atomic E-state index is -4.67. The van der Waals surface area contributed by atoms with Gasteiger partial charge in [-0.3, -0.25) is 15.1 Å². The summed E-state index contributed by atoms with van der Waals surface area (Å²) in [6.07, 6.45) is -2.73. The minimum absolute atomic E-state index is 0.0272. The molecule has 0 aliphatic rings. The summed E-state index contributed by atoms with van der Waals surface area (Å²) >= 11 is 0. The largest absolute Gasteiger partial charge is 0.504 e. The molecule has 8 nitrogen and oxygen atoms in total. The molecule has 0 atom stereocenters. The summed E-state index contributed by atoms with van der Waals surface area (Å²) < 4.78 is 44.8. The maximum absolute atomic E-state index is 13.2. The van der Waals surface area contributed by atoms with Crippen LogP contribution in [0.3, 0.4) is 0 Å². The van der Waals surface area contributed by atoms with Gasteiger partial charge in [-0.1, -0.05) is 0 Å². The summed E-state index contributed by atoms with van der Waals surface area (Å²) in [4.78, 5) is 17.7. The summed E-state index contributed by atoms with van der Waals surface area (Å²) in [6, 6.07) is 2.73. The van der Waals surface area contributed by atoms with Crippen molar-refractivity contribution in [1.82, 2.24) is 9.97 Å². The van der Waals surface area contributed by atoms with Gasteiger partial charge in [0.15, 0.2) is 5.75 Å². The standard InChI is InChI=1S/C16H10F3N3O5/c1-7-2-10(16(17,18)19)9(5-20-7)15-21-11(6-27-15)8-3-12(22(25)26)14(24)13(23)4-8/h2-6,23-24H,1H3. The highest BCUT2D eigenvalue weighted by molar-refractivity contribution is 5.71. The number of aromatic nitrogens is 2. The third kappa shape index (κ3) is 3.38. The Bertz CT molecular complexity index is 1050. The summed E-state index contributed by atoms with van der Waals surface area (Å²) in [5.41, 5.74) is -2.14. The number of phenols is 2. The quantitative estimate of drug-likeness (QED) is 0.399. The average Bonchev–Trinajstić information content (AvgIpc) is 3.06. The first-order valence-electron chi connectivity index (χ1n) is 7.28. The molecule has 0 spiro atoms. The lowest BCUT2D eigenvalue weighted by molar-refractivity contribution is -0.385. The van der Waals surface area contributed by atoms with Crippen LogP contribution >= 0.6 is 0 Å². The van der Waals surface area contributed by atoms with Gasteiger partial charge in [0.05, 0.1) is 16.1 Å². The minimum Gasteiger partial charge on any atom is -0.504 e. The number of hydrogen-bond donors (Lipinski definition) is 2. The van der Waals surface area contributed by atoms with Crippen LogP contribution in [0.5, 0.6) is 11.5 Å². The molecule has 2 N–H and O–H groups in total. The van der Waals surface area contributed by atoms with E-state index < -0.39 is 45.3 Å². The van der Waals surface area contributed by atoms with Crippen LogP contribution in [-0.4, -0.2) is 25.1 Å². The second-order valence-electron chi connectivity index (χ2n) is 5.53. The molecule has 3 rings (SSSR count). The lowest BCUT2D eigenvalue weighted by Crippen LogP contribution is -2.08. The van der Waals surface area contributed by atoms with Gasteiger partial charge in [-0.05, 0) is 19.1 Å². The molecule has 140 valence electrons. The van der Waals surface area contributed by atoms with Crippen LogP contribution in [0, 0.1) is 17.0 Å². The number of alkyl halides is 3. The molecule has 0 saturated heterocycles. The van der Waals surface area contributed by atoms with Crippen molar-refractivity contribution in [3.8, 4) is 34.2 Å². The Morgan fingerprint density at radius 3 is 2.56 bits per heavy atom. The number of phenolic OH excluding ortho intramolecular Hbond substituents is 2. The summed E-state index contributed by atoms with van der Waals surface area (Å²) in [7, 11) is 0. The van der Waals surface area contributed by atoms with Crippen molar-refractivity contribution >= 4 is 5.69 Å². The van der Waals surface area contributed by atoms with Gasteiger partial charge < -0.3 is 14.6 Å². The maximum Gasteiger partial charge on any atom is 0.417 e. The number of rotatable bonds is 3. The van der Waals surface area contributed by atoms with Crippen LogP contribution in [0.25, 0.3) is 22.7 Å². The van der Waals surface area contributed by atoms with Gasteiger partial charge >= 0.3 is 11.9 Å². The Labute approximate surface area is 148 Å². The van der Waals surface area contributed by atoms with E-state index in [9.17, 15) is 33.5 Å². The lowest BCUT2D eigenvalue weighted by atomic mass is 10.1. The first-order valence-corrected chi connectivity index (χ1v) is 7.28. The molecule has 1 aromatic carbocycles. The summed E-state index contributed by atoms with van der Waals surface area (Å²) in [6.45, 7) is 1.40. The average molecular weight is 381 g/mol. The number of nitro benzene ring substituents is 1. The van der Waals surface area contributed by atoms with Crippen LogP contribution in [0.2, 0.25) is 0 Å². The fraction of sp³-hybridized carbons (Fsp3) is 0.125. The van der Waals surface area contributed by atoms with E-state index in [1.54, 1.807) is 0 Å². The van der Waals surface area contributed by atoms with Crippen molar-refractivity contribution in [1.29, 1.82) is 0 Å². The van der Waals surface area contributed by atoms with Gasteiger partial charge in [0.1, 0.15) is 12.0 Å². The van der Waals surface area contributed by atoms with E-state index in [2.05, 4.69) is 9.97 Å². The number of nitrogens with zero attached hydrogens (tertiary/aromatic N) is 3. The number of aryl methyl sites for hydroxylation is 1. The highest BCUT2D eigenvalue weighted by Crippen LogP contribution is 2.41. The number of oxazole rings is 1. The molecule has 0 aliphatic heterocycles. The Hall–Kier alpha value is -3.63. The molecule has 0 amide bonds. The SMILES string of the molecule is Cc1cc(C(F)(F)F)c(-c2nc(-c3cc(O)c(O)c([N+](=O)[O-])c3)co2)cn1. The Morgan fingerprint density at radius 2 is 1.93 bits per heavy atom. The third-order valence-corrected chi connectivity index (χ3v) is 3.64. The van der Waals surface area contributed by atoms with E-state index in [4.69, 9.17) is 4.42 Å². The molecule has 0 unspecified atom stereocenters. The zero-order valence-corrected chi connectivity index (χ0v) is 13.5. The first-order chi connectivity index (χ1) is 12.6. The Kier molecular flexibility index (Phi) is 4.22. The van der Waals surface area contributed by atoms with Crippen molar-refractivity contribution < 1.29 is 32.7 Å². The molecule has 2 heterocycles. The molecule has 0 saturated carbocycles. The monoisotopic (exact) mass is 381 g/mol. The van der Waals surface area contributed by atoms with Gasteiger partial charge in [0.25, 0.3) is 0 Å². The number of benzene rings is 1. The molecule has 3 aromatic rings. The van der Waals surface area contributed by atoms with Crippen LogP contribution in [0.15, 0.2) is 35.1 Å². The van der Waals surface area contributed by atoms with Crippen LogP contribution in [-0.2, 0) is 6.18 Å². The van der Waals surface area contributed by atoms with E-state index in [0.29, 0.717) is 0 Å². The van der Waals surface area contributed by atoms with Crippen molar-refractivity contribution in [3.05, 3.63) is 52.0 Å². The van der Waals surface area contributed by atoms with E-state index in [1.807, 2.05) is 0 Å². The normalized spacial score (nSPS) is 11.6. The Balaban J connectivity index is 2.11. The fourth-order valence-corrected chi connectivity index (χ4v) is 2.39. The molecular formula is C16H10F3N3O5. The Morgan fingerprint density at radius 1 is 1.22 bits per heavy atom. The van der Waals surface area contributed by atoms with Crippen molar-refractivity contribution in [3.63, 3.8) is 0 Å². The maximum atomic E-state index is 13.2. The molecule has 2 aromatic heterocycles. The third-order valence-electron chi connectivity index (χ3n) is 3.64. The van der Waals surface area contributed by atoms with Crippen LogP contribution < -0.4 is 0 Å². The zero-order valence-electron chi connectivity index (χ0n) is 13.5. The van der Waals surface area contributed by atoms with E-state index >= 15 is 0 Å². The summed E-state index contributed by atoms with van der Waals surface area (Å²) in [5, 5.41) is 30.1. The molecule has 0 aliphatic carbocycles. The molecule has 11 heteroatoms. The van der Waals surface area contributed by atoms with E-state index in [1.165, 1.54) is 6.92 Å². The van der Waals surface area contributed by atoms with Crippen molar-refractivity contribution in [2.24, 2.45) is 0 Å². The topological polar surface area (TPSA) is 123 Å². The number of hydrogen-bond acceptors (Lipinski definition) is 7. The van der Waals surface area contributed by atoms with Crippen molar-refractivity contribution in [2.75, 3.05) is 0 Å². The van der Waals surface area contributed by atoms with Crippen molar-refractivity contribution in [2.45, 2.75) is 13.1 Å². The van der Waals surface area contributed by atoms with Crippen LogP contribution in [0.1, 0.15) is 11.3 Å². The smallest absolute Gasteiger partial charge is 0.417 e. The predicted octanol–water partition coefficient (Wildman–Crippen LogP) is 4.05. The highest BCUT2D eigenvalue weighted by Gasteiger charge is 2.35. The van der Waals surface area contributed by atoms with Gasteiger partial charge in [0.2, 0.25) is 11.6 Å². The molecular weight excluding hydrogens is 371 g/mol. The lowest BCUT2D eigenvalue weighted by Gasteiger charge is -2.10. The van der Waals surface area contributed by atoms with E-state index in [-0.39, 0.29) is 17.0 Å². The fourth-order valence-electron chi connectivity index (χ4n) is 2.39. The predicted molar refractivity (Wildman–Crippen MR) is 84.9 cm³/mol. The number of pyridine rings is 1. The van der Waals surface area contributed by atoms with Crippen LogP contribution in [0.4, 0.5) is 18.9 Å². The second-order valence-corrected chi connectivity index (χ2v) is 5.53.